The molecule has 0 spiro atoms. The maximum Gasteiger partial charge on any atom is 0.457 e. The average Bonchev–Trinajstić information content (AvgIpc) is 2.69. The van der Waals surface area contributed by atoms with Crippen LogP contribution in [0.15, 0.2) is 53.4 Å². The van der Waals surface area contributed by atoms with Gasteiger partial charge in [0.25, 0.3) is 15.6 Å². The van der Waals surface area contributed by atoms with Gasteiger partial charge in [-0.3, -0.25) is 4.79 Å². The largest absolute Gasteiger partial charge is 0.492 e. The van der Waals surface area contributed by atoms with Crippen molar-refractivity contribution in [3.8, 4) is 5.75 Å². The quantitative estimate of drug-likeness (QED) is 0.157. The number of ether oxygens (including phenoxy) is 1. The summed E-state index contributed by atoms with van der Waals surface area (Å²) in [5.74, 6) is -0.734. The maximum absolute atomic E-state index is 13.1. The molecular formula is C21H24N2O4S. The molecule has 0 atom stereocenters. The number of unbranched alkanes of at least 4 members (excludes halogenated alkanes) is 3. The van der Waals surface area contributed by atoms with Crippen molar-refractivity contribution < 1.29 is 22.7 Å². The first-order valence-corrected chi connectivity index (χ1v) is 10.7. The number of carbonyl (C=O) groups is 1. The Kier molecular flexibility index (Phi) is 7.67. The van der Waals surface area contributed by atoms with E-state index in [9.17, 15) is 18.7 Å². The molecule has 0 aliphatic rings. The fourth-order valence-electron chi connectivity index (χ4n) is 2.69. The highest BCUT2D eigenvalue weighted by molar-refractivity contribution is 8.08. The first-order chi connectivity index (χ1) is 13.4. The molecule has 2 aromatic rings. The van der Waals surface area contributed by atoms with Crippen LogP contribution in [-0.2, 0) is 9.84 Å². The van der Waals surface area contributed by atoms with Gasteiger partial charge >= 0.3 is 5.04 Å². The molecule has 0 aliphatic carbocycles. The Bertz CT molecular complexity index is 979. The minimum Gasteiger partial charge on any atom is -0.492 e. The lowest BCUT2D eigenvalue weighted by Crippen LogP contribution is -2.26. The molecule has 0 radical (unpaired) electrons. The summed E-state index contributed by atoms with van der Waals surface area (Å²) in [5, 5.41) is -0.930. The molecule has 0 N–H and O–H groups in total. The second-order valence-electron chi connectivity index (χ2n) is 6.46. The van der Waals surface area contributed by atoms with Crippen LogP contribution in [0.4, 0.5) is 0 Å². The van der Waals surface area contributed by atoms with E-state index in [-0.39, 0.29) is 16.2 Å². The molecular weight excluding hydrogens is 376 g/mol. The molecule has 6 nitrogen and oxygen atoms in total. The van der Waals surface area contributed by atoms with Gasteiger partial charge in [-0.1, -0.05) is 62.6 Å². The fourth-order valence-corrected chi connectivity index (χ4v) is 4.10. The summed E-state index contributed by atoms with van der Waals surface area (Å²) in [5.41, 5.74) is 10.1. The maximum atomic E-state index is 13.1. The van der Waals surface area contributed by atoms with Crippen molar-refractivity contribution in [1.82, 2.24) is 0 Å². The summed E-state index contributed by atoms with van der Waals surface area (Å²) in [4.78, 5) is 15.3. The van der Waals surface area contributed by atoms with Gasteiger partial charge in [-0.15, -0.1) is 4.79 Å². The van der Waals surface area contributed by atoms with E-state index in [0.717, 1.165) is 25.7 Å². The van der Waals surface area contributed by atoms with Gasteiger partial charge in [-0.05, 0) is 31.0 Å². The molecule has 148 valence electrons. The molecule has 0 saturated carbocycles. The number of nitrogens with zero attached hydrogens (tertiary/aromatic N) is 2. The average molecular weight is 401 g/mol. The number of Topliss-reactive ketones (excluding diaryl/α,β-unsaturated/α-hetero) is 1. The number of carbonyl (C=O) groups excluding carboxylic acids is 1. The van der Waals surface area contributed by atoms with E-state index >= 15 is 0 Å². The summed E-state index contributed by atoms with van der Waals surface area (Å²) in [7, 11) is -4.37. The van der Waals surface area contributed by atoms with Crippen molar-refractivity contribution in [3.05, 3.63) is 65.2 Å². The minimum absolute atomic E-state index is 0.119. The summed E-state index contributed by atoms with van der Waals surface area (Å²) in [6.45, 7) is 4.20. The van der Waals surface area contributed by atoms with Crippen molar-refractivity contribution in [1.29, 1.82) is 0 Å². The zero-order valence-electron chi connectivity index (χ0n) is 16.1. The summed E-state index contributed by atoms with van der Waals surface area (Å²) in [6.07, 6.45) is 3.95. The van der Waals surface area contributed by atoms with Crippen LogP contribution in [0.3, 0.4) is 0 Å². The lowest BCUT2D eigenvalue weighted by molar-refractivity contribution is -0.00159. The van der Waals surface area contributed by atoms with Crippen LogP contribution in [0.25, 0.3) is 5.53 Å². The summed E-state index contributed by atoms with van der Waals surface area (Å²) in [6, 6.07) is 12.5. The summed E-state index contributed by atoms with van der Waals surface area (Å²) < 4.78 is 31.9. The smallest absolute Gasteiger partial charge is 0.457 e. The molecule has 0 saturated heterocycles. The molecule has 7 heteroatoms. The Morgan fingerprint density at radius 2 is 1.79 bits per heavy atom. The van der Waals surface area contributed by atoms with Gasteiger partial charge in [0.1, 0.15) is 10.6 Å². The normalized spacial score (nSPS) is 10.9. The van der Waals surface area contributed by atoms with E-state index in [0.29, 0.717) is 12.2 Å². The zero-order chi connectivity index (χ0) is 20.6. The van der Waals surface area contributed by atoms with E-state index in [1.807, 2.05) is 0 Å². The first kappa shape index (κ1) is 21.5. The molecule has 0 aliphatic heterocycles. The Morgan fingerprint density at radius 3 is 2.43 bits per heavy atom. The molecule has 0 fully saturated rings. The molecule has 0 aromatic heterocycles. The third-order valence-electron chi connectivity index (χ3n) is 4.22. The lowest BCUT2D eigenvalue weighted by Gasteiger charge is -2.11. The molecule has 0 unspecified atom stereocenters. The Labute approximate surface area is 165 Å². The number of ketones is 1. The van der Waals surface area contributed by atoms with Crippen LogP contribution in [0.2, 0.25) is 0 Å². The number of rotatable bonds is 9. The molecule has 0 bridgehead atoms. The van der Waals surface area contributed by atoms with E-state index in [1.54, 1.807) is 37.3 Å². The van der Waals surface area contributed by atoms with E-state index in [1.165, 1.54) is 18.2 Å². The third kappa shape index (κ3) is 5.15. The molecule has 0 heterocycles. The number of aryl methyl sites for hydroxylation is 1. The standard InChI is InChI=1S/C21H24N2O4S/c1-3-4-5-9-14-27-18-13-12-16(2)15-19(18)28(25,26)21(23-22)20(24)17-10-7-6-8-11-17/h6-8,10-13,15H,3-5,9,14H2,1-2H3. The van der Waals surface area contributed by atoms with Crippen molar-refractivity contribution in [2.24, 2.45) is 0 Å². The zero-order valence-corrected chi connectivity index (χ0v) is 16.9. The highest BCUT2D eigenvalue weighted by Gasteiger charge is 2.40. The number of sulfone groups is 1. The second-order valence-corrected chi connectivity index (χ2v) is 8.30. The SMILES string of the molecule is CCCCCCOc1ccc(C)cc1S(=O)(=O)C(=[N+]=[N-])C(=O)c1ccccc1. The number of benzene rings is 2. The van der Waals surface area contributed by atoms with Crippen LogP contribution in [0, 0.1) is 6.92 Å². The monoisotopic (exact) mass is 400 g/mol. The second kappa shape index (κ2) is 9.97. The predicted octanol–water partition coefficient (Wildman–Crippen LogP) is 4.24. The van der Waals surface area contributed by atoms with Gasteiger partial charge in [0.2, 0.25) is 0 Å². The van der Waals surface area contributed by atoms with Crippen molar-refractivity contribution in [3.63, 3.8) is 0 Å². The Balaban J connectivity index is 2.36. The predicted molar refractivity (Wildman–Crippen MR) is 107 cm³/mol. The van der Waals surface area contributed by atoms with Crippen molar-refractivity contribution in [2.45, 2.75) is 44.4 Å². The van der Waals surface area contributed by atoms with Crippen LogP contribution < -0.4 is 4.74 Å². The van der Waals surface area contributed by atoms with E-state index < -0.39 is 20.7 Å². The topological polar surface area (TPSA) is 96.8 Å². The highest BCUT2D eigenvalue weighted by Crippen LogP contribution is 2.27. The van der Waals surface area contributed by atoms with Crippen molar-refractivity contribution in [2.75, 3.05) is 6.61 Å². The number of hydrogen-bond acceptors (Lipinski definition) is 4. The summed E-state index contributed by atoms with van der Waals surface area (Å²) >= 11 is 0. The van der Waals surface area contributed by atoms with Gasteiger partial charge in [-0.25, -0.2) is 8.42 Å². The Morgan fingerprint density at radius 1 is 1.07 bits per heavy atom. The van der Waals surface area contributed by atoms with Crippen LogP contribution in [-0.4, -0.2) is 30.6 Å². The van der Waals surface area contributed by atoms with Gasteiger partial charge < -0.3 is 10.3 Å². The van der Waals surface area contributed by atoms with E-state index in [2.05, 4.69) is 11.7 Å². The molecule has 2 rings (SSSR count). The first-order valence-electron chi connectivity index (χ1n) is 9.22. The lowest BCUT2D eigenvalue weighted by atomic mass is 10.1. The number of hydrogen-bond donors (Lipinski definition) is 0. The van der Waals surface area contributed by atoms with Crippen molar-refractivity contribution >= 4 is 20.7 Å². The molecule has 0 amide bonds. The van der Waals surface area contributed by atoms with Gasteiger partial charge in [0, 0.05) is 5.56 Å². The minimum atomic E-state index is -4.37. The van der Waals surface area contributed by atoms with Gasteiger partial charge in [0.15, 0.2) is 0 Å². The third-order valence-corrected chi connectivity index (χ3v) is 5.89. The van der Waals surface area contributed by atoms with Crippen LogP contribution in [0.5, 0.6) is 5.75 Å². The highest BCUT2D eigenvalue weighted by atomic mass is 32.2. The van der Waals surface area contributed by atoms with Crippen LogP contribution in [0.1, 0.15) is 48.5 Å². The van der Waals surface area contributed by atoms with Gasteiger partial charge in [0.05, 0.1) is 6.61 Å². The molecule has 2 aromatic carbocycles. The van der Waals surface area contributed by atoms with Crippen LogP contribution >= 0.6 is 0 Å². The fraction of sp³-hybridized carbons (Fsp3) is 0.333. The Hall–Kier alpha value is -2.76. The van der Waals surface area contributed by atoms with Gasteiger partial charge in [-0.2, -0.15) is 0 Å². The molecule has 28 heavy (non-hydrogen) atoms. The van der Waals surface area contributed by atoms with E-state index in [4.69, 9.17) is 4.74 Å².